The topological polar surface area (TPSA) is 41.9 Å². The van der Waals surface area contributed by atoms with Crippen molar-refractivity contribution in [2.45, 2.75) is 51.4 Å². The van der Waals surface area contributed by atoms with Crippen molar-refractivity contribution in [3.05, 3.63) is 29.3 Å². The lowest BCUT2D eigenvalue weighted by Crippen LogP contribution is -2.48. The van der Waals surface area contributed by atoms with Gasteiger partial charge in [0.2, 0.25) is 0 Å². The first-order valence-electron chi connectivity index (χ1n) is 8.40. The third kappa shape index (κ3) is 4.00. The van der Waals surface area contributed by atoms with Crippen LogP contribution in [0.3, 0.4) is 0 Å². The number of aryl methyl sites for hydroxylation is 2. The van der Waals surface area contributed by atoms with Crippen LogP contribution in [0.15, 0.2) is 18.2 Å². The minimum absolute atomic E-state index is 0.230. The van der Waals surface area contributed by atoms with Crippen molar-refractivity contribution in [1.29, 1.82) is 0 Å². The summed E-state index contributed by atoms with van der Waals surface area (Å²) >= 11 is 0. The number of hydrogen-bond acceptors (Lipinski definition) is 4. The zero-order valence-corrected chi connectivity index (χ0v) is 13.6. The molecule has 22 heavy (non-hydrogen) atoms. The van der Waals surface area contributed by atoms with Crippen LogP contribution in [0.1, 0.15) is 31.4 Å². The van der Waals surface area contributed by atoms with E-state index in [1.807, 2.05) is 6.07 Å². The summed E-state index contributed by atoms with van der Waals surface area (Å²) in [5, 5.41) is 10.2. The lowest BCUT2D eigenvalue weighted by molar-refractivity contribution is -0.0786. The molecule has 1 aromatic rings. The molecule has 1 fully saturated rings. The van der Waals surface area contributed by atoms with Crippen molar-refractivity contribution in [1.82, 2.24) is 4.90 Å². The SMILES string of the molecule is C[C@@H]1CN(C[C@@H](O)COc2ccc3c(c2)CCC3)C[C@@H](C)O1. The molecule has 4 nitrogen and oxygen atoms in total. The molecule has 0 radical (unpaired) electrons. The molecule has 4 heteroatoms. The van der Waals surface area contributed by atoms with Gasteiger partial charge in [-0.15, -0.1) is 0 Å². The molecule has 1 aromatic carbocycles. The smallest absolute Gasteiger partial charge is 0.119 e. The van der Waals surface area contributed by atoms with Crippen molar-refractivity contribution in [3.8, 4) is 5.75 Å². The van der Waals surface area contributed by atoms with Gasteiger partial charge < -0.3 is 14.6 Å². The van der Waals surface area contributed by atoms with Crippen molar-refractivity contribution >= 4 is 0 Å². The molecule has 0 unspecified atom stereocenters. The summed E-state index contributed by atoms with van der Waals surface area (Å²) in [6, 6.07) is 6.32. The van der Waals surface area contributed by atoms with Crippen LogP contribution in [0.2, 0.25) is 0 Å². The minimum Gasteiger partial charge on any atom is -0.491 e. The molecule has 2 aliphatic rings. The van der Waals surface area contributed by atoms with Gasteiger partial charge in [0, 0.05) is 19.6 Å². The molecule has 0 aromatic heterocycles. The van der Waals surface area contributed by atoms with E-state index in [-0.39, 0.29) is 12.2 Å². The second-order valence-electron chi connectivity index (χ2n) is 6.72. The van der Waals surface area contributed by atoms with Gasteiger partial charge in [-0.3, -0.25) is 4.90 Å². The molecule has 1 saturated heterocycles. The number of morpholine rings is 1. The summed E-state index contributed by atoms with van der Waals surface area (Å²) in [6.07, 6.45) is 3.58. The van der Waals surface area contributed by atoms with Crippen LogP contribution in [0, 0.1) is 0 Å². The molecule has 0 amide bonds. The molecule has 0 saturated carbocycles. The van der Waals surface area contributed by atoms with Crippen LogP contribution in [0.5, 0.6) is 5.75 Å². The van der Waals surface area contributed by atoms with Crippen molar-refractivity contribution in [2.75, 3.05) is 26.2 Å². The van der Waals surface area contributed by atoms with Crippen LogP contribution in [0.25, 0.3) is 0 Å². The Kier molecular flexibility index (Phi) is 5.01. The Hall–Kier alpha value is -1.10. The summed E-state index contributed by atoms with van der Waals surface area (Å²) < 4.78 is 11.5. The van der Waals surface area contributed by atoms with Crippen molar-refractivity contribution < 1.29 is 14.6 Å². The van der Waals surface area contributed by atoms with Crippen LogP contribution >= 0.6 is 0 Å². The first-order chi connectivity index (χ1) is 10.6. The summed E-state index contributed by atoms with van der Waals surface area (Å²) in [5.74, 6) is 0.878. The molecule has 0 spiro atoms. The quantitative estimate of drug-likeness (QED) is 0.904. The minimum atomic E-state index is -0.467. The van der Waals surface area contributed by atoms with E-state index in [1.165, 1.54) is 24.0 Å². The first kappa shape index (κ1) is 15.8. The number of benzene rings is 1. The monoisotopic (exact) mass is 305 g/mol. The highest BCUT2D eigenvalue weighted by Crippen LogP contribution is 2.26. The number of aliphatic hydroxyl groups is 1. The van der Waals surface area contributed by atoms with E-state index in [1.54, 1.807) is 0 Å². The maximum atomic E-state index is 10.2. The number of ether oxygens (including phenoxy) is 2. The summed E-state index contributed by atoms with van der Waals surface area (Å²) in [5.41, 5.74) is 2.85. The van der Waals surface area contributed by atoms with E-state index in [9.17, 15) is 5.11 Å². The van der Waals surface area contributed by atoms with E-state index in [2.05, 4.69) is 30.9 Å². The molecule has 1 aliphatic heterocycles. The fraction of sp³-hybridized carbons (Fsp3) is 0.667. The Balaban J connectivity index is 1.47. The van der Waals surface area contributed by atoms with Crippen LogP contribution < -0.4 is 4.74 Å². The number of fused-ring (bicyclic) bond motifs is 1. The number of β-amino-alcohol motifs (C(OH)–C–C–N with tert-alkyl or cyclic N) is 1. The lowest BCUT2D eigenvalue weighted by Gasteiger charge is -2.36. The Morgan fingerprint density at radius 3 is 2.73 bits per heavy atom. The van der Waals surface area contributed by atoms with Gasteiger partial charge in [0.25, 0.3) is 0 Å². The Labute approximate surface area is 133 Å². The van der Waals surface area contributed by atoms with Crippen LogP contribution in [0.4, 0.5) is 0 Å². The van der Waals surface area contributed by atoms with Gasteiger partial charge in [0.15, 0.2) is 0 Å². The third-order valence-corrected chi connectivity index (χ3v) is 4.48. The molecular weight excluding hydrogens is 278 g/mol. The molecule has 1 aliphatic carbocycles. The van der Waals surface area contributed by atoms with Gasteiger partial charge in [0.1, 0.15) is 18.5 Å². The number of aliphatic hydroxyl groups excluding tert-OH is 1. The standard InChI is InChI=1S/C18H27NO3/c1-13-9-19(10-14(2)22-13)11-17(20)12-21-18-7-6-15-4-3-5-16(15)8-18/h6-8,13-14,17,20H,3-5,9-12H2,1-2H3/t13-,14-,17-/m1/s1. The predicted molar refractivity (Wildman–Crippen MR) is 86.4 cm³/mol. The van der Waals surface area contributed by atoms with Crippen molar-refractivity contribution in [2.24, 2.45) is 0 Å². The van der Waals surface area contributed by atoms with E-state index >= 15 is 0 Å². The Morgan fingerprint density at radius 1 is 1.23 bits per heavy atom. The zero-order valence-electron chi connectivity index (χ0n) is 13.6. The van der Waals surface area contributed by atoms with Gasteiger partial charge in [-0.1, -0.05) is 6.07 Å². The van der Waals surface area contributed by atoms with E-state index in [4.69, 9.17) is 9.47 Å². The number of hydrogen-bond donors (Lipinski definition) is 1. The van der Waals surface area contributed by atoms with Gasteiger partial charge in [0.05, 0.1) is 12.2 Å². The summed E-state index contributed by atoms with van der Waals surface area (Å²) in [6.45, 7) is 6.90. The van der Waals surface area contributed by atoms with Crippen LogP contribution in [-0.2, 0) is 17.6 Å². The maximum Gasteiger partial charge on any atom is 0.119 e. The fourth-order valence-electron chi connectivity index (χ4n) is 3.61. The van der Waals surface area contributed by atoms with Gasteiger partial charge in [-0.05, 0) is 56.4 Å². The van der Waals surface area contributed by atoms with Gasteiger partial charge in [-0.2, -0.15) is 0 Å². The predicted octanol–water partition coefficient (Wildman–Crippen LogP) is 2.02. The summed E-state index contributed by atoms with van der Waals surface area (Å²) in [7, 11) is 0. The molecule has 1 heterocycles. The highest BCUT2D eigenvalue weighted by Gasteiger charge is 2.24. The molecule has 0 bridgehead atoms. The second kappa shape index (κ2) is 6.99. The lowest BCUT2D eigenvalue weighted by atomic mass is 10.1. The Bertz CT molecular complexity index is 495. The van der Waals surface area contributed by atoms with E-state index < -0.39 is 6.10 Å². The van der Waals surface area contributed by atoms with Gasteiger partial charge >= 0.3 is 0 Å². The van der Waals surface area contributed by atoms with Gasteiger partial charge in [-0.25, -0.2) is 0 Å². The fourth-order valence-corrected chi connectivity index (χ4v) is 3.61. The van der Waals surface area contributed by atoms with Crippen molar-refractivity contribution in [3.63, 3.8) is 0 Å². The highest BCUT2D eigenvalue weighted by molar-refractivity contribution is 5.38. The Morgan fingerprint density at radius 2 is 1.95 bits per heavy atom. The third-order valence-electron chi connectivity index (χ3n) is 4.48. The maximum absolute atomic E-state index is 10.2. The molecule has 122 valence electrons. The highest BCUT2D eigenvalue weighted by atomic mass is 16.5. The first-order valence-corrected chi connectivity index (χ1v) is 8.40. The van der Waals surface area contributed by atoms with Crippen LogP contribution in [-0.4, -0.2) is 54.6 Å². The average molecular weight is 305 g/mol. The summed E-state index contributed by atoms with van der Waals surface area (Å²) in [4.78, 5) is 2.26. The molecule has 3 rings (SSSR count). The molecule has 1 N–H and O–H groups in total. The second-order valence-corrected chi connectivity index (χ2v) is 6.72. The largest absolute Gasteiger partial charge is 0.491 e. The normalized spacial score (nSPS) is 26.7. The number of rotatable bonds is 5. The average Bonchev–Trinajstić information content (AvgIpc) is 2.91. The van der Waals surface area contributed by atoms with E-state index in [0.717, 1.165) is 25.3 Å². The zero-order chi connectivity index (χ0) is 15.5. The van der Waals surface area contributed by atoms with E-state index in [0.29, 0.717) is 13.2 Å². The molecular formula is C18H27NO3. The number of nitrogens with zero attached hydrogens (tertiary/aromatic N) is 1. The molecule has 3 atom stereocenters.